The van der Waals surface area contributed by atoms with Crippen molar-refractivity contribution < 1.29 is 0 Å². The normalized spacial score (nSPS) is 12.2. The number of hydrogen-bond acceptors (Lipinski definition) is 0. The molecule has 57 heavy (non-hydrogen) atoms. The van der Waals surface area contributed by atoms with Gasteiger partial charge >= 0.3 is 0 Å². The van der Waals surface area contributed by atoms with Crippen molar-refractivity contribution in [1.82, 2.24) is 0 Å². The summed E-state index contributed by atoms with van der Waals surface area (Å²) in [6.07, 6.45) is 0. The second-order valence-corrected chi connectivity index (χ2v) is 22.0. The van der Waals surface area contributed by atoms with E-state index in [-0.39, 0.29) is 16.2 Å². The van der Waals surface area contributed by atoms with Gasteiger partial charge < -0.3 is 0 Å². The lowest BCUT2D eigenvalue weighted by Crippen LogP contribution is -2.11. The van der Waals surface area contributed by atoms with Gasteiger partial charge in [0.15, 0.2) is 0 Å². The predicted molar refractivity (Wildman–Crippen MR) is 273 cm³/mol. The average molecular weight is 1080 g/mol. The van der Waals surface area contributed by atoms with Gasteiger partial charge in [-0.2, -0.15) is 0 Å². The van der Waals surface area contributed by atoms with Crippen molar-refractivity contribution in [2.45, 2.75) is 78.6 Å². The van der Waals surface area contributed by atoms with Gasteiger partial charge in [-0.05, 0) is 204 Å². The van der Waals surface area contributed by atoms with Crippen LogP contribution in [0.4, 0.5) is 0 Å². The molecule has 0 nitrogen and oxygen atoms in total. The van der Waals surface area contributed by atoms with E-state index in [2.05, 4.69) is 276 Å². The largest absolute Gasteiger partial charge is 0.0579 e. The standard InChI is InChI=1S/C54H51I3/c1-52(2,3)40-22-10-34(11-23-40)46-49(37-16-28-43(55)29-17-37)47(35-12-24-41(25-13-35)53(4,5)6)51(39-20-32-45(57)33-21-39)48(50(46)38-18-30-44(56)31-19-38)36-14-26-42(27-15-36)54(7,8)9/h10-33H,1-9H3. The zero-order chi connectivity index (χ0) is 40.9. The maximum Gasteiger partial charge on any atom is 0.0130 e. The van der Waals surface area contributed by atoms with Crippen LogP contribution in [0, 0.1) is 10.7 Å². The first-order valence-corrected chi connectivity index (χ1v) is 23.0. The van der Waals surface area contributed by atoms with Crippen LogP contribution >= 0.6 is 67.8 Å². The Kier molecular flexibility index (Phi) is 12.1. The van der Waals surface area contributed by atoms with Crippen LogP contribution in [0.25, 0.3) is 66.8 Å². The summed E-state index contributed by atoms with van der Waals surface area (Å²) in [6.45, 7) is 20.7. The molecule has 7 rings (SSSR count). The third-order valence-corrected chi connectivity index (χ3v) is 13.2. The summed E-state index contributed by atoms with van der Waals surface area (Å²) in [5, 5.41) is 0. The number of benzene rings is 7. The molecule has 0 bridgehead atoms. The zero-order valence-corrected chi connectivity index (χ0v) is 41.0. The van der Waals surface area contributed by atoms with Crippen LogP contribution in [0.3, 0.4) is 0 Å². The lowest BCUT2D eigenvalue weighted by molar-refractivity contribution is 0.590. The van der Waals surface area contributed by atoms with Crippen molar-refractivity contribution in [2.75, 3.05) is 0 Å². The van der Waals surface area contributed by atoms with E-state index in [1.807, 2.05) is 0 Å². The minimum Gasteiger partial charge on any atom is -0.0579 e. The van der Waals surface area contributed by atoms with Crippen molar-refractivity contribution in [2.24, 2.45) is 0 Å². The molecule has 0 aromatic heterocycles. The molecule has 0 saturated carbocycles. The molecule has 3 heteroatoms. The molecule has 0 fully saturated rings. The topological polar surface area (TPSA) is 0 Å². The second kappa shape index (κ2) is 16.4. The van der Waals surface area contributed by atoms with E-state index in [1.54, 1.807) is 0 Å². The summed E-state index contributed by atoms with van der Waals surface area (Å²) < 4.78 is 3.65. The smallest absolute Gasteiger partial charge is 0.0130 e. The van der Waals surface area contributed by atoms with Crippen LogP contribution in [-0.2, 0) is 16.2 Å². The van der Waals surface area contributed by atoms with Crippen LogP contribution in [0.15, 0.2) is 146 Å². The predicted octanol–water partition coefficient (Wildman–Crippen LogP) is 17.4. The Labute approximate surface area is 382 Å². The molecule has 0 heterocycles. The van der Waals surface area contributed by atoms with Crippen molar-refractivity contribution in [3.8, 4) is 66.8 Å². The maximum absolute atomic E-state index is 2.44. The van der Waals surface area contributed by atoms with Crippen LogP contribution in [0.5, 0.6) is 0 Å². The molecule has 0 N–H and O–H groups in total. The first-order chi connectivity index (χ1) is 26.9. The third-order valence-electron chi connectivity index (χ3n) is 11.0. The third kappa shape index (κ3) is 9.01. The maximum atomic E-state index is 2.44. The molecular formula is C54H51I3. The molecule has 7 aromatic carbocycles. The SMILES string of the molecule is CC(C)(C)c1ccc(-c2c(-c3ccc(I)cc3)c(-c3ccc(C(C)(C)C)cc3)c(-c3ccc(I)cc3)c(-c3ccc(C(C)(C)C)cc3)c2-c2ccc(I)cc2)cc1. The van der Waals surface area contributed by atoms with E-state index in [4.69, 9.17) is 0 Å². The minimum atomic E-state index is 0.0328. The molecule has 288 valence electrons. The van der Waals surface area contributed by atoms with Crippen molar-refractivity contribution in [1.29, 1.82) is 0 Å². The highest BCUT2D eigenvalue weighted by Crippen LogP contribution is 2.56. The Bertz CT molecular complexity index is 2190. The lowest BCUT2D eigenvalue weighted by Gasteiger charge is -2.30. The molecule has 7 aromatic rings. The van der Waals surface area contributed by atoms with E-state index < -0.39 is 0 Å². The fourth-order valence-electron chi connectivity index (χ4n) is 7.74. The van der Waals surface area contributed by atoms with Gasteiger partial charge in [0.1, 0.15) is 0 Å². The summed E-state index contributed by atoms with van der Waals surface area (Å²) >= 11 is 7.31. The molecule has 0 atom stereocenters. The van der Waals surface area contributed by atoms with Gasteiger partial charge in [0.25, 0.3) is 0 Å². The number of hydrogen-bond donors (Lipinski definition) is 0. The molecule has 0 spiro atoms. The van der Waals surface area contributed by atoms with Crippen molar-refractivity contribution in [3.05, 3.63) is 173 Å². The van der Waals surface area contributed by atoms with Gasteiger partial charge in [-0.3, -0.25) is 0 Å². The van der Waals surface area contributed by atoms with E-state index in [9.17, 15) is 0 Å². The molecule has 0 radical (unpaired) electrons. The zero-order valence-electron chi connectivity index (χ0n) is 34.5. The van der Waals surface area contributed by atoms with Crippen molar-refractivity contribution in [3.63, 3.8) is 0 Å². The molecule has 0 amide bonds. The Morgan fingerprint density at radius 2 is 0.368 bits per heavy atom. The minimum absolute atomic E-state index is 0.0328. The van der Waals surface area contributed by atoms with Gasteiger partial charge in [0.05, 0.1) is 0 Å². The van der Waals surface area contributed by atoms with Crippen LogP contribution in [0.2, 0.25) is 0 Å². The summed E-state index contributed by atoms with van der Waals surface area (Å²) in [7, 11) is 0. The highest BCUT2D eigenvalue weighted by molar-refractivity contribution is 14.1. The Balaban J connectivity index is 1.78. The summed E-state index contributed by atoms with van der Waals surface area (Å²) in [6, 6.07) is 55.7. The highest BCUT2D eigenvalue weighted by atomic mass is 127. The Morgan fingerprint density at radius 3 is 0.509 bits per heavy atom. The highest BCUT2D eigenvalue weighted by Gasteiger charge is 2.30. The quantitative estimate of drug-likeness (QED) is 0.146. The van der Waals surface area contributed by atoms with E-state index in [0.29, 0.717) is 0 Å². The monoisotopic (exact) mass is 1080 g/mol. The van der Waals surface area contributed by atoms with E-state index in [1.165, 1.54) is 94.2 Å². The molecule has 0 aliphatic rings. The van der Waals surface area contributed by atoms with Gasteiger partial charge in [-0.15, -0.1) is 0 Å². The fraction of sp³-hybridized carbons (Fsp3) is 0.222. The number of rotatable bonds is 6. The van der Waals surface area contributed by atoms with Gasteiger partial charge in [-0.1, -0.05) is 172 Å². The molecular weight excluding hydrogens is 1030 g/mol. The van der Waals surface area contributed by atoms with Crippen LogP contribution in [-0.4, -0.2) is 0 Å². The van der Waals surface area contributed by atoms with Crippen LogP contribution in [0.1, 0.15) is 79.0 Å². The summed E-state index contributed by atoms with van der Waals surface area (Å²) in [5.41, 5.74) is 18.8. The number of halogens is 3. The summed E-state index contributed by atoms with van der Waals surface area (Å²) in [5.74, 6) is 0. The first-order valence-electron chi connectivity index (χ1n) is 19.7. The van der Waals surface area contributed by atoms with E-state index >= 15 is 0 Å². The average Bonchev–Trinajstić information content (AvgIpc) is 3.17. The molecule has 0 aliphatic heterocycles. The molecule has 0 aliphatic carbocycles. The Morgan fingerprint density at radius 1 is 0.228 bits per heavy atom. The fourth-order valence-corrected chi connectivity index (χ4v) is 8.82. The molecule has 0 unspecified atom stereocenters. The second-order valence-electron chi connectivity index (χ2n) is 18.3. The summed E-state index contributed by atoms with van der Waals surface area (Å²) in [4.78, 5) is 0. The van der Waals surface area contributed by atoms with Gasteiger partial charge in [-0.25, -0.2) is 0 Å². The molecule has 0 saturated heterocycles. The lowest BCUT2D eigenvalue weighted by atomic mass is 9.73. The van der Waals surface area contributed by atoms with Crippen LogP contribution < -0.4 is 0 Å². The Hall–Kier alpha value is -3.27. The van der Waals surface area contributed by atoms with Gasteiger partial charge in [0, 0.05) is 10.7 Å². The van der Waals surface area contributed by atoms with E-state index in [0.717, 1.165) is 0 Å². The van der Waals surface area contributed by atoms with Crippen molar-refractivity contribution >= 4 is 67.8 Å². The van der Waals surface area contributed by atoms with Gasteiger partial charge in [0.2, 0.25) is 0 Å². The first kappa shape index (κ1) is 41.9.